The van der Waals surface area contributed by atoms with Crippen molar-refractivity contribution in [2.75, 3.05) is 13.4 Å². The van der Waals surface area contributed by atoms with Crippen LogP contribution < -0.4 is 5.32 Å². The molecule has 8 heteroatoms. The maximum absolute atomic E-state index is 12.3. The maximum atomic E-state index is 12.3. The van der Waals surface area contributed by atoms with Gasteiger partial charge in [0.05, 0.1) is 25.0 Å². The number of nitrogens with one attached hydrogen (secondary N) is 1. The summed E-state index contributed by atoms with van der Waals surface area (Å²) in [6.07, 6.45) is -0.193. The van der Waals surface area contributed by atoms with Crippen LogP contribution in [-0.2, 0) is 23.8 Å². The molecule has 1 rings (SSSR count). The number of esters is 1. The first-order valence-corrected chi connectivity index (χ1v) is 9.23. The van der Waals surface area contributed by atoms with Crippen LogP contribution in [-0.4, -0.2) is 39.8 Å². The minimum atomic E-state index is -3.74. The predicted molar refractivity (Wildman–Crippen MR) is 88.9 cm³/mol. The molecule has 0 radical (unpaired) electrons. The van der Waals surface area contributed by atoms with Crippen LogP contribution in [0.1, 0.15) is 42.7 Å². The molecule has 1 aromatic rings. The average Bonchev–Trinajstić information content (AvgIpc) is 2.50. The Labute approximate surface area is 142 Å². The molecule has 0 spiro atoms. The van der Waals surface area contributed by atoms with E-state index in [1.807, 2.05) is 0 Å². The van der Waals surface area contributed by atoms with Gasteiger partial charge >= 0.3 is 5.97 Å². The Hall–Kier alpha value is -1.93. The van der Waals surface area contributed by atoms with Crippen LogP contribution in [0.25, 0.3) is 0 Å². The van der Waals surface area contributed by atoms with Crippen LogP contribution in [0.4, 0.5) is 0 Å². The lowest BCUT2D eigenvalue weighted by Crippen LogP contribution is -2.41. The zero-order valence-electron chi connectivity index (χ0n) is 14.4. The summed E-state index contributed by atoms with van der Waals surface area (Å²) < 4.78 is 32.1. The van der Waals surface area contributed by atoms with Crippen molar-refractivity contribution in [2.45, 2.75) is 32.9 Å². The van der Waals surface area contributed by atoms with E-state index >= 15 is 0 Å². The van der Waals surface area contributed by atoms with Gasteiger partial charge in [0, 0.05) is 0 Å². The molecule has 0 bridgehead atoms. The molecule has 134 valence electrons. The van der Waals surface area contributed by atoms with Crippen LogP contribution in [0, 0.1) is 5.92 Å². The number of hydrogen-bond acceptors (Lipinski definition) is 6. The Bertz CT molecular complexity index is 681. The van der Waals surface area contributed by atoms with E-state index in [0.29, 0.717) is 5.56 Å². The van der Waals surface area contributed by atoms with Crippen molar-refractivity contribution in [3.63, 3.8) is 0 Å². The fraction of sp³-hybridized carbons (Fsp3) is 0.500. The van der Waals surface area contributed by atoms with E-state index in [4.69, 9.17) is 4.18 Å². The van der Waals surface area contributed by atoms with Gasteiger partial charge in [-0.2, -0.15) is 8.42 Å². The van der Waals surface area contributed by atoms with E-state index in [2.05, 4.69) is 10.1 Å². The van der Waals surface area contributed by atoms with Gasteiger partial charge in [0.25, 0.3) is 16.0 Å². The molecule has 0 aromatic heterocycles. The van der Waals surface area contributed by atoms with Gasteiger partial charge in [-0.25, -0.2) is 4.79 Å². The molecule has 0 fully saturated rings. The second-order valence-corrected chi connectivity index (χ2v) is 7.41. The molecule has 1 aromatic carbocycles. The van der Waals surface area contributed by atoms with Crippen molar-refractivity contribution < 1.29 is 26.9 Å². The number of benzene rings is 1. The van der Waals surface area contributed by atoms with Gasteiger partial charge in [-0.3, -0.25) is 8.98 Å². The largest absolute Gasteiger partial charge is 0.465 e. The van der Waals surface area contributed by atoms with Crippen molar-refractivity contribution in [1.29, 1.82) is 0 Å². The zero-order chi connectivity index (χ0) is 18.5. The Kier molecular flexibility index (Phi) is 6.92. The molecule has 0 aliphatic carbocycles. The second-order valence-electron chi connectivity index (χ2n) is 5.81. The highest BCUT2D eigenvalue weighted by Crippen LogP contribution is 2.16. The van der Waals surface area contributed by atoms with Crippen molar-refractivity contribution >= 4 is 22.0 Å². The topological polar surface area (TPSA) is 98.8 Å². The molecule has 0 aliphatic heterocycles. The highest BCUT2D eigenvalue weighted by atomic mass is 32.2. The Balaban J connectivity index is 2.83. The summed E-state index contributed by atoms with van der Waals surface area (Å²) in [6, 6.07) is 6.19. The third kappa shape index (κ3) is 5.93. The zero-order valence-corrected chi connectivity index (χ0v) is 15.2. The number of hydrogen-bond donors (Lipinski definition) is 1. The molecular weight excluding hydrogens is 334 g/mol. The Morgan fingerprint density at radius 2 is 1.62 bits per heavy atom. The maximum Gasteiger partial charge on any atom is 0.337 e. The number of methoxy groups -OCH3 is 1. The van der Waals surface area contributed by atoms with Crippen LogP contribution in [0.3, 0.4) is 0 Å². The summed E-state index contributed by atoms with van der Waals surface area (Å²) in [4.78, 5) is 23.7. The third-order valence-corrected chi connectivity index (χ3v) is 3.89. The van der Waals surface area contributed by atoms with Crippen molar-refractivity contribution in [3.05, 3.63) is 35.4 Å². The summed E-state index contributed by atoms with van der Waals surface area (Å²) in [5, 5.41) is 2.72. The molecule has 0 saturated heterocycles. The number of carbonyl (C=O) groups excluding carboxylic acids is 2. The molecule has 1 amide bonds. The lowest BCUT2D eigenvalue weighted by Gasteiger charge is -2.22. The van der Waals surface area contributed by atoms with Crippen LogP contribution in [0.5, 0.6) is 0 Å². The van der Waals surface area contributed by atoms with Gasteiger partial charge in [-0.05, 0) is 30.5 Å². The fourth-order valence-corrected chi connectivity index (χ4v) is 2.74. The average molecular weight is 357 g/mol. The predicted octanol–water partition coefficient (Wildman–Crippen LogP) is 1.65. The molecule has 0 saturated carbocycles. The van der Waals surface area contributed by atoms with E-state index in [1.54, 1.807) is 45.0 Å². The number of rotatable bonds is 7. The van der Waals surface area contributed by atoms with E-state index in [-0.39, 0.29) is 12.0 Å². The molecule has 2 atom stereocenters. The molecule has 1 N–H and O–H groups in total. The minimum absolute atomic E-state index is 0.311. The Morgan fingerprint density at radius 1 is 1.08 bits per heavy atom. The molecule has 24 heavy (non-hydrogen) atoms. The van der Waals surface area contributed by atoms with E-state index < -0.39 is 28.1 Å². The normalized spacial score (nSPS) is 14.1. The van der Waals surface area contributed by atoms with Gasteiger partial charge < -0.3 is 10.1 Å². The van der Waals surface area contributed by atoms with Gasteiger partial charge in [0.2, 0.25) is 0 Å². The lowest BCUT2D eigenvalue weighted by molar-refractivity contribution is -0.130. The minimum Gasteiger partial charge on any atom is -0.465 e. The van der Waals surface area contributed by atoms with Crippen LogP contribution in [0.15, 0.2) is 24.3 Å². The number of carbonyl (C=O) groups is 2. The summed E-state index contributed by atoms with van der Waals surface area (Å²) in [5.41, 5.74) is 1.16. The first-order valence-electron chi connectivity index (χ1n) is 7.42. The monoisotopic (exact) mass is 357 g/mol. The lowest BCUT2D eigenvalue weighted by atomic mass is 10.0. The van der Waals surface area contributed by atoms with Crippen molar-refractivity contribution in [2.24, 2.45) is 5.92 Å². The summed E-state index contributed by atoms with van der Waals surface area (Å²) in [7, 11) is -2.45. The van der Waals surface area contributed by atoms with Crippen LogP contribution in [0.2, 0.25) is 0 Å². The van der Waals surface area contributed by atoms with Crippen molar-refractivity contribution in [1.82, 2.24) is 5.32 Å². The summed E-state index contributed by atoms with van der Waals surface area (Å²) in [6.45, 7) is 5.15. The first kappa shape index (κ1) is 20.1. The van der Waals surface area contributed by atoms with Gasteiger partial charge in [0.15, 0.2) is 6.10 Å². The Morgan fingerprint density at radius 3 is 2.04 bits per heavy atom. The fourth-order valence-electron chi connectivity index (χ4n) is 2.05. The second kappa shape index (κ2) is 8.25. The van der Waals surface area contributed by atoms with Crippen LogP contribution >= 0.6 is 0 Å². The smallest absolute Gasteiger partial charge is 0.337 e. The number of amides is 1. The first-order chi connectivity index (χ1) is 11.0. The van der Waals surface area contributed by atoms with Gasteiger partial charge in [-0.15, -0.1) is 0 Å². The third-order valence-electron chi connectivity index (χ3n) is 3.33. The van der Waals surface area contributed by atoms with E-state index in [0.717, 1.165) is 11.8 Å². The molecular formula is C16H23NO6S. The number of ether oxygens (including phenoxy) is 1. The molecule has 0 heterocycles. The summed E-state index contributed by atoms with van der Waals surface area (Å²) in [5.74, 6) is -1.27. The van der Waals surface area contributed by atoms with E-state index in [1.165, 1.54) is 7.11 Å². The van der Waals surface area contributed by atoms with Gasteiger partial charge in [-0.1, -0.05) is 26.0 Å². The highest BCUT2D eigenvalue weighted by Gasteiger charge is 2.28. The quantitative estimate of drug-likeness (QED) is 0.588. The highest BCUT2D eigenvalue weighted by molar-refractivity contribution is 7.86. The molecule has 0 aliphatic rings. The standard InChI is InChI=1S/C16H23NO6S/c1-10(2)14(23-24(5,20)21)15(18)17-11(3)12-6-8-13(9-7-12)16(19)22-4/h6-11,14H,1-5H3,(H,17,18). The molecule has 2 unspecified atom stereocenters. The van der Waals surface area contributed by atoms with E-state index in [9.17, 15) is 18.0 Å². The van der Waals surface area contributed by atoms with Crippen molar-refractivity contribution in [3.8, 4) is 0 Å². The van der Waals surface area contributed by atoms with Gasteiger partial charge in [0.1, 0.15) is 0 Å². The molecule has 7 nitrogen and oxygen atoms in total. The summed E-state index contributed by atoms with van der Waals surface area (Å²) >= 11 is 0. The SMILES string of the molecule is COC(=O)c1ccc(C(C)NC(=O)C(OS(C)(=O)=O)C(C)C)cc1.